The maximum Gasteiger partial charge on any atom is 0.200 e. The zero-order valence-corrected chi connectivity index (χ0v) is 12.6. The third-order valence-electron chi connectivity index (χ3n) is 2.93. The number of halogens is 2. The number of alkyl halides is 1. The molecule has 0 aliphatic rings. The Bertz CT molecular complexity index is 617. The third-order valence-corrected chi connectivity index (χ3v) is 3.65. The lowest BCUT2D eigenvalue weighted by molar-refractivity contribution is 0.0914. The van der Waals surface area contributed by atoms with Crippen molar-refractivity contribution in [3.8, 4) is 0 Å². The first-order valence-electron chi connectivity index (χ1n) is 6.25. The summed E-state index contributed by atoms with van der Waals surface area (Å²) in [5.41, 5.74) is 2.26. The number of aryl methyl sites for hydroxylation is 1. The van der Waals surface area contributed by atoms with Crippen molar-refractivity contribution in [3.05, 3.63) is 77.4 Å². The molecule has 0 aliphatic carbocycles. The standard InChI is InChI=1S/C17H14BrFO/c1-12-7-9-14(10-8-12)17(20)16(19)11-15(18)13-5-3-2-4-6-13/h2-11,16H,1H3. The van der Waals surface area contributed by atoms with Crippen molar-refractivity contribution in [1.29, 1.82) is 0 Å². The van der Waals surface area contributed by atoms with E-state index in [4.69, 9.17) is 0 Å². The normalized spacial score (nSPS) is 13.1. The topological polar surface area (TPSA) is 17.1 Å². The molecule has 1 nitrogen and oxygen atoms in total. The van der Waals surface area contributed by atoms with Crippen LogP contribution in [-0.4, -0.2) is 12.0 Å². The number of ketones is 1. The average Bonchev–Trinajstić information content (AvgIpc) is 2.48. The summed E-state index contributed by atoms with van der Waals surface area (Å²) in [5, 5.41) is 0. The molecule has 1 unspecified atom stereocenters. The number of benzene rings is 2. The van der Waals surface area contributed by atoms with E-state index in [1.807, 2.05) is 37.3 Å². The molecule has 0 fully saturated rings. The lowest BCUT2D eigenvalue weighted by atomic mass is 10.0. The van der Waals surface area contributed by atoms with Crippen LogP contribution in [0, 0.1) is 6.92 Å². The molecule has 20 heavy (non-hydrogen) atoms. The number of hydrogen-bond donors (Lipinski definition) is 0. The highest BCUT2D eigenvalue weighted by molar-refractivity contribution is 9.15. The van der Waals surface area contributed by atoms with Crippen LogP contribution < -0.4 is 0 Å². The minimum Gasteiger partial charge on any atom is -0.290 e. The van der Waals surface area contributed by atoms with Crippen molar-refractivity contribution in [2.45, 2.75) is 13.1 Å². The molecule has 0 aliphatic heterocycles. The highest BCUT2D eigenvalue weighted by Gasteiger charge is 2.17. The van der Waals surface area contributed by atoms with Gasteiger partial charge < -0.3 is 0 Å². The summed E-state index contributed by atoms with van der Waals surface area (Å²) in [7, 11) is 0. The van der Waals surface area contributed by atoms with Gasteiger partial charge in [-0.15, -0.1) is 0 Å². The fraction of sp³-hybridized carbons (Fsp3) is 0.118. The summed E-state index contributed by atoms with van der Waals surface area (Å²) < 4.78 is 14.6. The third kappa shape index (κ3) is 3.64. The van der Waals surface area contributed by atoms with Gasteiger partial charge in [0.2, 0.25) is 5.78 Å². The van der Waals surface area contributed by atoms with E-state index in [-0.39, 0.29) is 0 Å². The Labute approximate surface area is 126 Å². The van der Waals surface area contributed by atoms with Gasteiger partial charge in [0.25, 0.3) is 0 Å². The summed E-state index contributed by atoms with van der Waals surface area (Å²) in [5.74, 6) is -0.530. The molecule has 0 saturated carbocycles. The molecular weight excluding hydrogens is 319 g/mol. The number of allylic oxidation sites excluding steroid dienone is 1. The van der Waals surface area contributed by atoms with Crippen LogP contribution in [0.2, 0.25) is 0 Å². The molecule has 0 saturated heterocycles. The van der Waals surface area contributed by atoms with E-state index in [0.717, 1.165) is 11.1 Å². The van der Waals surface area contributed by atoms with Gasteiger partial charge in [0.05, 0.1) is 0 Å². The van der Waals surface area contributed by atoms with Crippen LogP contribution in [0.25, 0.3) is 4.48 Å². The summed E-state index contributed by atoms with van der Waals surface area (Å²) in [6, 6.07) is 16.2. The predicted molar refractivity (Wildman–Crippen MR) is 83.8 cm³/mol. The highest BCUT2D eigenvalue weighted by atomic mass is 79.9. The second kappa shape index (κ2) is 6.62. The number of Topliss-reactive ketones (excluding diaryl/α,β-unsaturated/α-hetero) is 1. The van der Waals surface area contributed by atoms with Gasteiger partial charge in [0.1, 0.15) is 0 Å². The molecule has 0 spiro atoms. The van der Waals surface area contributed by atoms with E-state index < -0.39 is 12.0 Å². The first-order chi connectivity index (χ1) is 9.58. The Kier molecular flexibility index (Phi) is 4.85. The maximum absolute atomic E-state index is 14.1. The molecule has 0 N–H and O–H groups in total. The highest BCUT2D eigenvalue weighted by Crippen LogP contribution is 2.23. The van der Waals surface area contributed by atoms with Crippen molar-refractivity contribution >= 4 is 26.2 Å². The first-order valence-corrected chi connectivity index (χ1v) is 7.05. The summed E-state index contributed by atoms with van der Waals surface area (Å²) in [4.78, 5) is 12.0. The van der Waals surface area contributed by atoms with Gasteiger partial charge in [0, 0.05) is 10.0 Å². The number of hydrogen-bond acceptors (Lipinski definition) is 1. The van der Waals surface area contributed by atoms with Crippen molar-refractivity contribution < 1.29 is 9.18 Å². The summed E-state index contributed by atoms with van der Waals surface area (Å²) >= 11 is 3.31. The largest absolute Gasteiger partial charge is 0.290 e. The molecular formula is C17H14BrFO. The van der Waals surface area contributed by atoms with Crippen molar-refractivity contribution in [2.24, 2.45) is 0 Å². The minimum absolute atomic E-state index is 0.382. The van der Waals surface area contributed by atoms with Crippen LogP contribution in [0.15, 0.2) is 60.7 Å². The van der Waals surface area contributed by atoms with E-state index in [0.29, 0.717) is 10.0 Å². The SMILES string of the molecule is Cc1ccc(C(=O)C(F)C=C(Br)c2ccccc2)cc1. The predicted octanol–water partition coefficient (Wildman–Crippen LogP) is 4.95. The van der Waals surface area contributed by atoms with E-state index in [1.165, 1.54) is 6.08 Å². The second-order valence-electron chi connectivity index (χ2n) is 4.51. The average molecular weight is 333 g/mol. The van der Waals surface area contributed by atoms with Crippen LogP contribution in [0.4, 0.5) is 4.39 Å². The molecule has 2 aromatic carbocycles. The van der Waals surface area contributed by atoms with Gasteiger partial charge in [-0.2, -0.15) is 0 Å². The van der Waals surface area contributed by atoms with Gasteiger partial charge in [-0.3, -0.25) is 4.79 Å². The fourth-order valence-corrected chi connectivity index (χ4v) is 2.27. The van der Waals surface area contributed by atoms with Crippen molar-refractivity contribution in [2.75, 3.05) is 0 Å². The molecule has 0 heterocycles. The van der Waals surface area contributed by atoms with E-state index in [2.05, 4.69) is 15.9 Å². The molecule has 3 heteroatoms. The van der Waals surface area contributed by atoms with Crippen LogP contribution >= 0.6 is 15.9 Å². The maximum atomic E-state index is 14.1. The molecule has 102 valence electrons. The molecule has 0 bridgehead atoms. The van der Waals surface area contributed by atoms with E-state index in [1.54, 1.807) is 24.3 Å². The van der Waals surface area contributed by atoms with Crippen molar-refractivity contribution in [3.63, 3.8) is 0 Å². The van der Waals surface area contributed by atoms with Gasteiger partial charge >= 0.3 is 0 Å². The molecule has 0 aromatic heterocycles. The van der Waals surface area contributed by atoms with Crippen molar-refractivity contribution in [1.82, 2.24) is 0 Å². The molecule has 2 aromatic rings. The van der Waals surface area contributed by atoms with Gasteiger partial charge in [0.15, 0.2) is 6.17 Å². The van der Waals surface area contributed by atoms with Crippen LogP contribution in [0.5, 0.6) is 0 Å². The second-order valence-corrected chi connectivity index (χ2v) is 5.37. The monoisotopic (exact) mass is 332 g/mol. The zero-order valence-electron chi connectivity index (χ0n) is 11.0. The quantitative estimate of drug-likeness (QED) is 0.724. The van der Waals surface area contributed by atoms with Crippen LogP contribution in [0.3, 0.4) is 0 Å². The zero-order chi connectivity index (χ0) is 14.5. The number of carbonyl (C=O) groups excluding carboxylic acids is 1. The summed E-state index contributed by atoms with van der Waals surface area (Å²) in [6.07, 6.45) is -0.371. The molecule has 0 amide bonds. The fourth-order valence-electron chi connectivity index (χ4n) is 1.77. The van der Waals surface area contributed by atoms with Gasteiger partial charge in [-0.1, -0.05) is 76.1 Å². The lowest BCUT2D eigenvalue weighted by Gasteiger charge is -2.05. The smallest absolute Gasteiger partial charge is 0.200 e. The van der Waals surface area contributed by atoms with Crippen LogP contribution in [-0.2, 0) is 0 Å². The Morgan fingerprint density at radius 3 is 2.25 bits per heavy atom. The Morgan fingerprint density at radius 1 is 1.05 bits per heavy atom. The first kappa shape index (κ1) is 14.7. The van der Waals surface area contributed by atoms with Gasteiger partial charge in [-0.05, 0) is 18.6 Å². The number of carbonyl (C=O) groups is 1. The molecule has 2 rings (SSSR count). The Balaban J connectivity index is 2.17. The Morgan fingerprint density at radius 2 is 1.65 bits per heavy atom. The lowest BCUT2D eigenvalue weighted by Crippen LogP contribution is -2.13. The van der Waals surface area contributed by atoms with E-state index >= 15 is 0 Å². The minimum atomic E-state index is -1.66. The van der Waals surface area contributed by atoms with E-state index in [9.17, 15) is 9.18 Å². The van der Waals surface area contributed by atoms with Gasteiger partial charge in [-0.25, -0.2) is 4.39 Å². The summed E-state index contributed by atoms with van der Waals surface area (Å²) in [6.45, 7) is 1.92. The number of rotatable bonds is 4. The molecule has 0 radical (unpaired) electrons. The molecule has 1 atom stereocenters. The Hall–Kier alpha value is -1.74. The van der Waals surface area contributed by atoms with Crippen LogP contribution in [0.1, 0.15) is 21.5 Å².